The monoisotopic (exact) mass is 366 g/mol. The highest BCUT2D eigenvalue weighted by Gasteiger charge is 2.13. The summed E-state index contributed by atoms with van der Waals surface area (Å²) in [6.07, 6.45) is 2.71. The van der Waals surface area contributed by atoms with Crippen molar-refractivity contribution in [2.75, 3.05) is 12.5 Å². The molecule has 22 heavy (non-hydrogen) atoms. The van der Waals surface area contributed by atoms with E-state index >= 15 is 0 Å². The van der Waals surface area contributed by atoms with Crippen LogP contribution in [0, 0.1) is 10.1 Å². The molecule has 0 atom stereocenters. The molecule has 2 aromatic rings. The molecule has 0 aliphatic rings. The number of nitrogens with zero attached hydrogens (tertiary/aromatic N) is 3. The molecule has 0 saturated heterocycles. The van der Waals surface area contributed by atoms with Crippen LogP contribution < -0.4 is 10.2 Å². The van der Waals surface area contributed by atoms with Gasteiger partial charge in [0.1, 0.15) is 0 Å². The third-order valence-corrected chi connectivity index (χ3v) is 3.10. The molecule has 1 aromatic carbocycles. The van der Waals surface area contributed by atoms with Gasteiger partial charge in [-0.1, -0.05) is 15.9 Å². The fourth-order valence-corrected chi connectivity index (χ4v) is 2.10. The molecular formula is C13H11BrN4O4. The maximum Gasteiger partial charge on any atom is 0.313 e. The highest BCUT2D eigenvalue weighted by atomic mass is 79.9. The first-order valence-corrected chi connectivity index (χ1v) is 6.77. The highest BCUT2D eigenvalue weighted by Crippen LogP contribution is 2.32. The molecule has 0 aliphatic carbocycles. The molecule has 0 unspecified atom stereocenters. The van der Waals surface area contributed by atoms with Gasteiger partial charge >= 0.3 is 5.69 Å². The lowest BCUT2D eigenvalue weighted by Crippen LogP contribution is -1.99. The quantitative estimate of drug-likeness (QED) is 0.478. The van der Waals surface area contributed by atoms with Crippen molar-refractivity contribution in [2.45, 2.75) is 0 Å². The number of hydrogen-bond acceptors (Lipinski definition) is 7. The van der Waals surface area contributed by atoms with Crippen molar-refractivity contribution >= 4 is 33.6 Å². The third-order valence-electron chi connectivity index (χ3n) is 2.65. The number of phenols is 1. The van der Waals surface area contributed by atoms with Crippen LogP contribution in [0.25, 0.3) is 0 Å². The number of nitro groups is 1. The number of hydrazone groups is 1. The molecule has 0 saturated carbocycles. The largest absolute Gasteiger partial charge is 0.504 e. The second-order valence-electron chi connectivity index (χ2n) is 4.04. The average molecular weight is 367 g/mol. The van der Waals surface area contributed by atoms with Crippen molar-refractivity contribution in [3.05, 3.63) is 50.6 Å². The zero-order chi connectivity index (χ0) is 16.1. The number of rotatable bonds is 5. The van der Waals surface area contributed by atoms with Crippen LogP contribution >= 0.6 is 15.9 Å². The molecule has 0 radical (unpaired) electrons. The second-order valence-corrected chi connectivity index (χ2v) is 4.96. The minimum absolute atomic E-state index is 0.00482. The van der Waals surface area contributed by atoms with Crippen molar-refractivity contribution < 1.29 is 14.8 Å². The zero-order valence-corrected chi connectivity index (χ0v) is 12.9. The average Bonchev–Trinajstić information content (AvgIpc) is 2.50. The summed E-state index contributed by atoms with van der Waals surface area (Å²) in [5, 5.41) is 24.7. The van der Waals surface area contributed by atoms with Crippen LogP contribution in [0.1, 0.15) is 5.56 Å². The number of pyridine rings is 1. The first-order valence-electron chi connectivity index (χ1n) is 5.98. The number of benzene rings is 1. The Bertz CT molecular complexity index is 736. The van der Waals surface area contributed by atoms with Crippen LogP contribution in [0.3, 0.4) is 0 Å². The normalized spacial score (nSPS) is 10.6. The Morgan fingerprint density at radius 1 is 1.55 bits per heavy atom. The molecule has 8 nitrogen and oxygen atoms in total. The predicted molar refractivity (Wildman–Crippen MR) is 84.5 cm³/mol. The van der Waals surface area contributed by atoms with Gasteiger partial charge in [-0.05, 0) is 18.2 Å². The van der Waals surface area contributed by atoms with Gasteiger partial charge in [0.15, 0.2) is 11.5 Å². The Balaban J connectivity index is 2.24. The van der Waals surface area contributed by atoms with E-state index < -0.39 is 4.92 Å². The number of phenolic OH excluding ortho intramolecular Hbond substituents is 1. The van der Waals surface area contributed by atoms with Crippen LogP contribution in [-0.2, 0) is 0 Å². The smallest absolute Gasteiger partial charge is 0.313 e. The third kappa shape index (κ3) is 3.50. The van der Waals surface area contributed by atoms with Gasteiger partial charge < -0.3 is 9.84 Å². The van der Waals surface area contributed by atoms with Gasteiger partial charge in [0.25, 0.3) is 0 Å². The van der Waals surface area contributed by atoms with E-state index in [2.05, 4.69) is 31.4 Å². The van der Waals surface area contributed by atoms with Crippen molar-refractivity contribution in [3.63, 3.8) is 0 Å². The van der Waals surface area contributed by atoms with E-state index in [1.165, 1.54) is 31.7 Å². The van der Waals surface area contributed by atoms with E-state index in [-0.39, 0.29) is 23.0 Å². The van der Waals surface area contributed by atoms with Gasteiger partial charge in [-0.15, -0.1) is 0 Å². The minimum atomic E-state index is -0.565. The van der Waals surface area contributed by atoms with Gasteiger partial charge in [0.2, 0.25) is 5.82 Å². The Labute approximate surface area is 133 Å². The SMILES string of the molecule is COc1cc(Br)cc(/C=N\Nc2ncccc2[N+](=O)[O-])c1O. The Hall–Kier alpha value is -2.68. The number of halogens is 1. The highest BCUT2D eigenvalue weighted by molar-refractivity contribution is 9.10. The van der Waals surface area contributed by atoms with Crippen LogP contribution in [0.5, 0.6) is 11.5 Å². The second kappa shape index (κ2) is 6.85. The van der Waals surface area contributed by atoms with Crippen molar-refractivity contribution in [1.82, 2.24) is 4.98 Å². The molecule has 0 amide bonds. The molecule has 1 heterocycles. The van der Waals surface area contributed by atoms with E-state index in [1.807, 2.05) is 0 Å². The van der Waals surface area contributed by atoms with E-state index in [0.717, 1.165) is 0 Å². The van der Waals surface area contributed by atoms with Crippen LogP contribution in [0.2, 0.25) is 0 Å². The van der Waals surface area contributed by atoms with Gasteiger partial charge in [0, 0.05) is 22.3 Å². The molecule has 1 aromatic heterocycles. The molecular weight excluding hydrogens is 356 g/mol. The summed E-state index contributed by atoms with van der Waals surface area (Å²) in [6.45, 7) is 0. The molecule has 0 spiro atoms. The first kappa shape index (κ1) is 15.7. The lowest BCUT2D eigenvalue weighted by atomic mass is 10.2. The number of hydrogen-bond donors (Lipinski definition) is 2. The molecule has 2 N–H and O–H groups in total. The van der Waals surface area contributed by atoms with E-state index in [9.17, 15) is 15.2 Å². The van der Waals surface area contributed by atoms with Crippen LogP contribution in [0.4, 0.5) is 11.5 Å². The van der Waals surface area contributed by atoms with E-state index in [1.54, 1.807) is 12.1 Å². The summed E-state index contributed by atoms with van der Waals surface area (Å²) < 4.78 is 5.71. The summed E-state index contributed by atoms with van der Waals surface area (Å²) in [5.74, 6) is 0.191. The number of nitrogens with one attached hydrogen (secondary N) is 1. The lowest BCUT2D eigenvalue weighted by Gasteiger charge is -2.06. The van der Waals surface area contributed by atoms with Crippen molar-refractivity contribution in [2.24, 2.45) is 5.10 Å². The maximum absolute atomic E-state index is 10.8. The summed E-state index contributed by atoms with van der Waals surface area (Å²) in [5.41, 5.74) is 2.65. The summed E-state index contributed by atoms with van der Waals surface area (Å²) in [6, 6.07) is 5.99. The van der Waals surface area contributed by atoms with Crippen molar-refractivity contribution in [3.8, 4) is 11.5 Å². The van der Waals surface area contributed by atoms with Gasteiger partial charge in [0.05, 0.1) is 18.2 Å². The lowest BCUT2D eigenvalue weighted by molar-refractivity contribution is -0.384. The van der Waals surface area contributed by atoms with Crippen molar-refractivity contribution in [1.29, 1.82) is 0 Å². The fourth-order valence-electron chi connectivity index (χ4n) is 1.64. The summed E-state index contributed by atoms with van der Waals surface area (Å²) in [4.78, 5) is 14.1. The standard InChI is InChI=1S/C13H11BrN4O4/c1-22-11-6-9(14)5-8(12(11)19)7-16-17-13-10(18(20)21)3-2-4-15-13/h2-7,19H,1H3,(H,15,17)/b16-7-. The van der Waals surface area contributed by atoms with Gasteiger partial charge in [-0.3, -0.25) is 15.5 Å². The summed E-state index contributed by atoms with van der Waals surface area (Å²) >= 11 is 3.28. The number of aromatic hydroxyl groups is 1. The van der Waals surface area contributed by atoms with E-state index in [4.69, 9.17) is 4.74 Å². The molecule has 9 heteroatoms. The Kier molecular flexibility index (Phi) is 4.89. The van der Waals surface area contributed by atoms with Gasteiger partial charge in [-0.25, -0.2) is 4.98 Å². The molecule has 0 bridgehead atoms. The van der Waals surface area contributed by atoms with E-state index in [0.29, 0.717) is 10.0 Å². The number of ether oxygens (including phenoxy) is 1. The fraction of sp³-hybridized carbons (Fsp3) is 0.0769. The Morgan fingerprint density at radius 2 is 2.32 bits per heavy atom. The van der Waals surface area contributed by atoms with Crippen LogP contribution in [-0.4, -0.2) is 28.3 Å². The molecule has 0 aliphatic heterocycles. The number of methoxy groups -OCH3 is 1. The van der Waals surface area contributed by atoms with Gasteiger partial charge in [-0.2, -0.15) is 5.10 Å². The Morgan fingerprint density at radius 3 is 3.00 bits per heavy atom. The number of anilines is 1. The van der Waals surface area contributed by atoms with Crippen LogP contribution in [0.15, 0.2) is 40.0 Å². The topological polar surface area (TPSA) is 110 Å². The maximum atomic E-state index is 10.8. The number of aromatic nitrogens is 1. The summed E-state index contributed by atoms with van der Waals surface area (Å²) in [7, 11) is 1.43. The molecule has 114 valence electrons. The first-order chi connectivity index (χ1) is 10.5. The minimum Gasteiger partial charge on any atom is -0.504 e. The molecule has 2 rings (SSSR count). The molecule has 0 fully saturated rings. The zero-order valence-electron chi connectivity index (χ0n) is 11.4. The predicted octanol–water partition coefficient (Wildman–Crippen LogP) is 2.91.